The van der Waals surface area contributed by atoms with Gasteiger partial charge in [0.05, 0.1) is 0 Å². The lowest BCUT2D eigenvalue weighted by molar-refractivity contribution is -0.144. The molecule has 2 N–H and O–H groups in total. The van der Waals surface area contributed by atoms with E-state index in [1.807, 2.05) is 0 Å². The minimum atomic E-state index is -0.669. The van der Waals surface area contributed by atoms with Gasteiger partial charge in [-0.3, -0.25) is 9.69 Å². The number of carbonyl (C=O) groups is 1. The van der Waals surface area contributed by atoms with Gasteiger partial charge < -0.3 is 10.4 Å². The third-order valence-electron chi connectivity index (χ3n) is 4.93. The molecule has 0 aromatic rings. The molecule has 0 amide bonds. The summed E-state index contributed by atoms with van der Waals surface area (Å²) in [4.78, 5) is 14.2. The summed E-state index contributed by atoms with van der Waals surface area (Å²) in [6.45, 7) is 6.32. The first-order chi connectivity index (χ1) is 9.09. The van der Waals surface area contributed by atoms with E-state index in [9.17, 15) is 9.90 Å². The number of likely N-dealkylation sites (tertiary alicyclic amines) is 1. The molecule has 4 heteroatoms. The van der Waals surface area contributed by atoms with Crippen molar-refractivity contribution < 1.29 is 9.90 Å². The van der Waals surface area contributed by atoms with Gasteiger partial charge in [0, 0.05) is 12.1 Å². The first-order valence-electron chi connectivity index (χ1n) is 7.83. The van der Waals surface area contributed by atoms with Crippen LogP contribution in [0.4, 0.5) is 0 Å². The van der Waals surface area contributed by atoms with Crippen LogP contribution in [0.3, 0.4) is 0 Å². The van der Waals surface area contributed by atoms with E-state index in [2.05, 4.69) is 24.1 Å². The smallest absolute Gasteiger partial charge is 0.323 e. The Morgan fingerprint density at radius 2 is 2.21 bits per heavy atom. The second kappa shape index (κ2) is 6.23. The quantitative estimate of drug-likeness (QED) is 0.803. The molecule has 2 fully saturated rings. The Balaban J connectivity index is 2.01. The van der Waals surface area contributed by atoms with Gasteiger partial charge in [-0.15, -0.1) is 0 Å². The van der Waals surface area contributed by atoms with E-state index in [0.717, 1.165) is 38.8 Å². The number of aliphatic carboxylic acids is 1. The molecule has 2 rings (SSSR count). The van der Waals surface area contributed by atoms with Crippen LogP contribution in [0, 0.1) is 0 Å². The van der Waals surface area contributed by atoms with Crippen LogP contribution >= 0.6 is 0 Å². The van der Waals surface area contributed by atoms with Crippen LogP contribution in [-0.4, -0.2) is 46.7 Å². The zero-order chi connectivity index (χ0) is 13.9. The Morgan fingerprint density at radius 1 is 1.42 bits per heavy atom. The number of nitrogens with one attached hydrogen (secondary N) is 1. The van der Waals surface area contributed by atoms with Crippen LogP contribution in [0.15, 0.2) is 0 Å². The largest absolute Gasteiger partial charge is 0.480 e. The minimum Gasteiger partial charge on any atom is -0.480 e. The van der Waals surface area contributed by atoms with E-state index in [1.165, 1.54) is 19.3 Å². The summed E-state index contributed by atoms with van der Waals surface area (Å²) in [5.41, 5.74) is -0.669. The van der Waals surface area contributed by atoms with Gasteiger partial charge in [0.15, 0.2) is 0 Å². The van der Waals surface area contributed by atoms with Crippen LogP contribution in [0.2, 0.25) is 0 Å². The predicted molar refractivity (Wildman–Crippen MR) is 76.3 cm³/mol. The van der Waals surface area contributed by atoms with E-state index in [1.54, 1.807) is 0 Å². The molecule has 1 heterocycles. The Hall–Kier alpha value is -0.610. The fraction of sp³-hybridized carbons (Fsp3) is 0.933. The zero-order valence-corrected chi connectivity index (χ0v) is 12.3. The first-order valence-corrected chi connectivity index (χ1v) is 7.83. The monoisotopic (exact) mass is 268 g/mol. The van der Waals surface area contributed by atoms with E-state index < -0.39 is 11.5 Å². The van der Waals surface area contributed by atoms with Gasteiger partial charge in [-0.2, -0.15) is 0 Å². The van der Waals surface area contributed by atoms with Crippen molar-refractivity contribution in [2.75, 3.05) is 13.1 Å². The normalized spacial score (nSPS) is 36.5. The predicted octanol–water partition coefficient (Wildman–Crippen LogP) is 2.24. The topological polar surface area (TPSA) is 52.6 Å². The molecule has 1 aliphatic carbocycles. The summed E-state index contributed by atoms with van der Waals surface area (Å²) in [7, 11) is 0. The molecule has 0 aromatic carbocycles. The maximum Gasteiger partial charge on any atom is 0.323 e. The van der Waals surface area contributed by atoms with Crippen molar-refractivity contribution in [2.45, 2.75) is 76.4 Å². The fourth-order valence-corrected chi connectivity index (χ4v) is 3.76. The number of piperidine rings is 1. The molecule has 0 bridgehead atoms. The van der Waals surface area contributed by atoms with Gasteiger partial charge in [0.1, 0.15) is 5.54 Å². The van der Waals surface area contributed by atoms with Gasteiger partial charge >= 0.3 is 5.97 Å². The van der Waals surface area contributed by atoms with Gasteiger partial charge in [-0.1, -0.05) is 13.3 Å². The molecule has 19 heavy (non-hydrogen) atoms. The molecule has 3 atom stereocenters. The minimum absolute atomic E-state index is 0.454. The van der Waals surface area contributed by atoms with Crippen molar-refractivity contribution in [3.8, 4) is 0 Å². The summed E-state index contributed by atoms with van der Waals surface area (Å²) < 4.78 is 0. The van der Waals surface area contributed by atoms with Gasteiger partial charge in [0.25, 0.3) is 0 Å². The SMILES string of the molecule is CCCNC1(C(=O)O)CCC(N2CCCCC2C)C1. The van der Waals surface area contributed by atoms with E-state index in [-0.39, 0.29) is 0 Å². The molecule has 0 aromatic heterocycles. The maximum atomic E-state index is 11.7. The third kappa shape index (κ3) is 3.11. The van der Waals surface area contributed by atoms with Crippen molar-refractivity contribution in [1.29, 1.82) is 0 Å². The molecular formula is C15H28N2O2. The van der Waals surface area contributed by atoms with Crippen LogP contribution in [0.25, 0.3) is 0 Å². The van der Waals surface area contributed by atoms with Crippen molar-refractivity contribution in [2.24, 2.45) is 0 Å². The highest BCUT2D eigenvalue weighted by atomic mass is 16.4. The average Bonchev–Trinajstić information content (AvgIpc) is 2.82. The molecule has 2 aliphatic rings. The first kappa shape index (κ1) is 14.8. The number of hydrogen-bond donors (Lipinski definition) is 2. The fourth-order valence-electron chi connectivity index (χ4n) is 3.76. The van der Waals surface area contributed by atoms with E-state index in [0.29, 0.717) is 12.1 Å². The van der Waals surface area contributed by atoms with Crippen molar-refractivity contribution in [1.82, 2.24) is 10.2 Å². The Morgan fingerprint density at radius 3 is 2.84 bits per heavy atom. The Kier molecular flexibility index (Phi) is 4.85. The summed E-state index contributed by atoms with van der Waals surface area (Å²) in [5, 5.41) is 12.9. The van der Waals surface area contributed by atoms with Crippen molar-refractivity contribution in [3.63, 3.8) is 0 Å². The lowest BCUT2D eigenvalue weighted by Gasteiger charge is -2.38. The van der Waals surface area contributed by atoms with Crippen molar-refractivity contribution in [3.05, 3.63) is 0 Å². The second-order valence-electron chi connectivity index (χ2n) is 6.29. The molecule has 3 unspecified atom stereocenters. The lowest BCUT2D eigenvalue weighted by atomic mass is 9.95. The summed E-state index contributed by atoms with van der Waals surface area (Å²) >= 11 is 0. The van der Waals surface area contributed by atoms with E-state index >= 15 is 0 Å². The molecule has 1 aliphatic heterocycles. The lowest BCUT2D eigenvalue weighted by Crippen LogP contribution is -2.52. The average molecular weight is 268 g/mol. The van der Waals surface area contributed by atoms with Crippen LogP contribution in [0.1, 0.15) is 58.8 Å². The molecule has 0 spiro atoms. The molecule has 0 radical (unpaired) electrons. The second-order valence-corrected chi connectivity index (χ2v) is 6.29. The standard InChI is InChI=1S/C15H28N2O2/c1-3-9-16-15(14(18)19)8-7-13(11-15)17-10-5-4-6-12(17)2/h12-13,16H,3-11H2,1-2H3,(H,18,19). The highest BCUT2D eigenvalue weighted by molar-refractivity contribution is 5.79. The summed E-state index contributed by atoms with van der Waals surface area (Å²) in [5.74, 6) is -0.659. The molecule has 4 nitrogen and oxygen atoms in total. The number of nitrogens with zero attached hydrogens (tertiary/aromatic N) is 1. The van der Waals surface area contributed by atoms with Crippen LogP contribution in [-0.2, 0) is 4.79 Å². The maximum absolute atomic E-state index is 11.7. The van der Waals surface area contributed by atoms with Crippen molar-refractivity contribution >= 4 is 5.97 Å². The molecular weight excluding hydrogens is 240 g/mol. The van der Waals surface area contributed by atoms with Crippen LogP contribution in [0.5, 0.6) is 0 Å². The Bertz CT molecular complexity index is 321. The number of carboxylic acids is 1. The van der Waals surface area contributed by atoms with E-state index in [4.69, 9.17) is 0 Å². The molecule has 110 valence electrons. The highest BCUT2D eigenvalue weighted by Crippen LogP contribution is 2.36. The summed E-state index contributed by atoms with van der Waals surface area (Å²) in [6, 6.07) is 1.07. The molecule has 1 saturated heterocycles. The number of carboxylic acid groups (broad SMARTS) is 1. The van der Waals surface area contributed by atoms with Gasteiger partial charge in [-0.05, 0) is 58.5 Å². The zero-order valence-electron chi connectivity index (χ0n) is 12.3. The highest BCUT2D eigenvalue weighted by Gasteiger charge is 2.47. The third-order valence-corrected chi connectivity index (χ3v) is 4.93. The van der Waals surface area contributed by atoms with Crippen LogP contribution < -0.4 is 5.32 Å². The number of hydrogen-bond acceptors (Lipinski definition) is 3. The number of rotatable bonds is 5. The van der Waals surface area contributed by atoms with Gasteiger partial charge in [0.2, 0.25) is 0 Å². The summed E-state index contributed by atoms with van der Waals surface area (Å²) in [6.07, 6.45) is 7.40. The Labute approximate surface area is 116 Å². The van der Waals surface area contributed by atoms with Gasteiger partial charge in [-0.25, -0.2) is 0 Å². The molecule has 1 saturated carbocycles.